The van der Waals surface area contributed by atoms with E-state index in [4.69, 9.17) is 19.8 Å². The zero-order valence-electron chi connectivity index (χ0n) is 15.1. The lowest BCUT2D eigenvalue weighted by molar-refractivity contribution is -0.199. The van der Waals surface area contributed by atoms with Crippen molar-refractivity contribution in [2.45, 2.75) is 57.7 Å². The van der Waals surface area contributed by atoms with Crippen molar-refractivity contribution in [3.05, 3.63) is 29.8 Å². The molecule has 1 aromatic carbocycles. The number of hydrogen-bond acceptors (Lipinski definition) is 4. The van der Waals surface area contributed by atoms with Gasteiger partial charge in [-0.2, -0.15) is 0 Å². The minimum absolute atomic E-state index is 0.152. The van der Waals surface area contributed by atoms with Crippen molar-refractivity contribution in [1.82, 2.24) is 0 Å². The van der Waals surface area contributed by atoms with Crippen molar-refractivity contribution >= 4 is 7.12 Å². The number of hydrogen-bond donors (Lipinski definition) is 1. The Balaban J connectivity index is 1.44. The Morgan fingerprint density at radius 2 is 1.96 bits per heavy atom. The summed E-state index contributed by atoms with van der Waals surface area (Å²) in [4.78, 5) is 0. The molecule has 130 valence electrons. The second-order valence-corrected chi connectivity index (χ2v) is 8.55. The first-order valence-electron chi connectivity index (χ1n) is 9.06. The van der Waals surface area contributed by atoms with Crippen LogP contribution in [0.15, 0.2) is 24.3 Å². The van der Waals surface area contributed by atoms with Crippen LogP contribution in [0.3, 0.4) is 0 Å². The van der Waals surface area contributed by atoms with E-state index in [2.05, 4.69) is 32.9 Å². The monoisotopic (exact) mass is 329 g/mol. The van der Waals surface area contributed by atoms with Gasteiger partial charge in [-0.15, -0.1) is 0 Å². The smallest absolute Gasteiger partial charge is 0.475 e. The molecule has 5 atom stereocenters. The summed E-state index contributed by atoms with van der Waals surface area (Å²) in [6.45, 7) is 6.99. The van der Waals surface area contributed by atoms with Gasteiger partial charge in [-0.3, -0.25) is 0 Å². The predicted octanol–water partition coefficient (Wildman–Crippen LogP) is 2.83. The SMILES string of the molecule is COc1ccc(CC(N)B2O[C@@H]3C[C@@H]4C[C@@H](C4(C)C)[C@]3(C)O2)cc1. The van der Waals surface area contributed by atoms with Crippen LogP contribution < -0.4 is 10.5 Å². The Hall–Kier alpha value is -1.04. The van der Waals surface area contributed by atoms with E-state index in [0.717, 1.165) is 24.5 Å². The van der Waals surface area contributed by atoms with Crippen molar-refractivity contribution < 1.29 is 14.0 Å². The summed E-state index contributed by atoms with van der Waals surface area (Å²) in [5.74, 6) is 2.05. The lowest BCUT2D eigenvalue weighted by atomic mass is 9.43. The van der Waals surface area contributed by atoms with E-state index in [1.54, 1.807) is 7.11 Å². The molecule has 3 aliphatic carbocycles. The highest BCUT2D eigenvalue weighted by Gasteiger charge is 2.68. The van der Waals surface area contributed by atoms with Crippen molar-refractivity contribution in [2.75, 3.05) is 7.11 Å². The molecular weight excluding hydrogens is 301 g/mol. The van der Waals surface area contributed by atoms with Crippen LogP contribution in [0.4, 0.5) is 0 Å². The molecule has 1 aliphatic heterocycles. The lowest BCUT2D eigenvalue weighted by Crippen LogP contribution is -2.65. The summed E-state index contributed by atoms with van der Waals surface area (Å²) in [6, 6.07) is 8.05. The number of benzene rings is 1. The van der Waals surface area contributed by atoms with Crippen LogP contribution in [0.2, 0.25) is 0 Å². The highest BCUT2D eigenvalue weighted by Crippen LogP contribution is 2.65. The van der Waals surface area contributed by atoms with Crippen LogP contribution in [0.25, 0.3) is 0 Å². The summed E-state index contributed by atoms with van der Waals surface area (Å²) in [6.07, 6.45) is 3.31. The van der Waals surface area contributed by atoms with Crippen LogP contribution in [-0.4, -0.2) is 31.9 Å². The van der Waals surface area contributed by atoms with Crippen LogP contribution in [-0.2, 0) is 15.7 Å². The first-order valence-corrected chi connectivity index (χ1v) is 9.06. The Bertz CT molecular complexity index is 620. The molecular formula is C19H28BNO3. The van der Waals surface area contributed by atoms with E-state index in [0.29, 0.717) is 11.3 Å². The Labute approximate surface area is 145 Å². The van der Waals surface area contributed by atoms with Gasteiger partial charge < -0.3 is 19.8 Å². The third-order valence-corrected chi connectivity index (χ3v) is 6.95. The van der Waals surface area contributed by atoms with Crippen molar-refractivity contribution in [1.29, 1.82) is 0 Å². The first kappa shape index (κ1) is 16.4. The molecule has 0 spiro atoms. The average molecular weight is 329 g/mol. The van der Waals surface area contributed by atoms with Gasteiger partial charge in [0.15, 0.2) is 0 Å². The fraction of sp³-hybridized carbons (Fsp3) is 0.684. The fourth-order valence-electron chi connectivity index (χ4n) is 5.21. The molecule has 2 N–H and O–H groups in total. The van der Waals surface area contributed by atoms with Gasteiger partial charge in [0, 0.05) is 5.94 Å². The summed E-state index contributed by atoms with van der Waals surface area (Å²) >= 11 is 0. The quantitative estimate of drug-likeness (QED) is 0.863. The molecule has 1 saturated heterocycles. The Morgan fingerprint density at radius 3 is 2.58 bits per heavy atom. The molecule has 3 saturated carbocycles. The van der Waals surface area contributed by atoms with Gasteiger partial charge in [-0.25, -0.2) is 0 Å². The van der Waals surface area contributed by atoms with Gasteiger partial charge in [0.1, 0.15) is 5.75 Å². The molecule has 0 aromatic heterocycles. The van der Waals surface area contributed by atoms with E-state index in [1.807, 2.05) is 12.1 Å². The maximum Gasteiger partial charge on any atom is 0.475 e. The van der Waals surface area contributed by atoms with Crippen molar-refractivity contribution in [3.8, 4) is 5.75 Å². The molecule has 24 heavy (non-hydrogen) atoms. The van der Waals surface area contributed by atoms with E-state index < -0.39 is 0 Å². The second kappa shape index (κ2) is 5.48. The largest absolute Gasteiger partial charge is 0.497 e. The molecule has 1 unspecified atom stereocenters. The maximum absolute atomic E-state index is 6.45. The van der Waals surface area contributed by atoms with Crippen LogP contribution in [0.1, 0.15) is 39.2 Å². The topological polar surface area (TPSA) is 53.7 Å². The van der Waals surface area contributed by atoms with Gasteiger partial charge in [0.2, 0.25) is 0 Å². The standard InChI is InChI=1S/C19H28BNO3/c1-18(2)13-10-15(18)19(3)16(11-13)23-20(24-19)17(21)9-12-5-7-14(22-4)8-6-12/h5-8,13,15-17H,9-11,21H2,1-4H3/t13-,15-,16+,17?,19-/m0/s1. The number of nitrogens with two attached hydrogens (primary N) is 1. The van der Waals surface area contributed by atoms with Gasteiger partial charge in [-0.05, 0) is 61.1 Å². The highest BCUT2D eigenvalue weighted by molar-refractivity contribution is 6.47. The molecule has 0 radical (unpaired) electrons. The number of methoxy groups -OCH3 is 1. The fourth-order valence-corrected chi connectivity index (χ4v) is 5.21. The Morgan fingerprint density at radius 1 is 1.25 bits per heavy atom. The van der Waals surface area contributed by atoms with E-state index in [1.165, 1.54) is 12.0 Å². The molecule has 5 rings (SSSR count). The molecule has 1 heterocycles. The third kappa shape index (κ3) is 2.32. The van der Waals surface area contributed by atoms with Gasteiger partial charge >= 0.3 is 7.12 Å². The highest BCUT2D eigenvalue weighted by atomic mass is 16.7. The molecule has 2 bridgehead atoms. The minimum Gasteiger partial charge on any atom is -0.497 e. The minimum atomic E-state index is -0.308. The summed E-state index contributed by atoms with van der Waals surface area (Å²) in [7, 11) is 1.37. The maximum atomic E-state index is 6.45. The van der Waals surface area contributed by atoms with E-state index in [-0.39, 0.29) is 24.8 Å². The molecule has 1 aromatic rings. The first-order chi connectivity index (χ1) is 11.3. The summed E-state index contributed by atoms with van der Waals surface area (Å²) in [5, 5.41) is 0. The third-order valence-electron chi connectivity index (χ3n) is 6.95. The molecule has 4 nitrogen and oxygen atoms in total. The van der Waals surface area contributed by atoms with Crippen molar-refractivity contribution in [3.63, 3.8) is 0 Å². The molecule has 4 fully saturated rings. The predicted molar refractivity (Wildman–Crippen MR) is 94.8 cm³/mol. The average Bonchev–Trinajstić information content (AvgIpc) is 2.92. The lowest BCUT2D eigenvalue weighted by Gasteiger charge is -2.64. The second-order valence-electron chi connectivity index (χ2n) is 8.55. The van der Waals surface area contributed by atoms with Gasteiger partial charge in [0.25, 0.3) is 0 Å². The van der Waals surface area contributed by atoms with Gasteiger partial charge in [-0.1, -0.05) is 26.0 Å². The number of ether oxygens (including phenoxy) is 1. The van der Waals surface area contributed by atoms with Crippen LogP contribution in [0.5, 0.6) is 5.75 Å². The summed E-state index contributed by atoms with van der Waals surface area (Å²) < 4.78 is 17.9. The van der Waals surface area contributed by atoms with E-state index in [9.17, 15) is 0 Å². The normalized spacial score (nSPS) is 37.5. The van der Waals surface area contributed by atoms with Crippen molar-refractivity contribution in [2.24, 2.45) is 23.0 Å². The van der Waals surface area contributed by atoms with Gasteiger partial charge in [0.05, 0.1) is 18.8 Å². The Kier molecular flexibility index (Phi) is 3.75. The molecule has 4 aliphatic rings. The molecule has 5 heteroatoms. The zero-order valence-corrected chi connectivity index (χ0v) is 15.1. The number of rotatable bonds is 4. The van der Waals surface area contributed by atoms with Crippen LogP contribution in [0, 0.1) is 17.3 Å². The molecule has 0 amide bonds. The van der Waals surface area contributed by atoms with E-state index >= 15 is 0 Å². The summed E-state index contributed by atoms with van der Waals surface area (Å²) in [5.41, 5.74) is 7.81. The zero-order chi connectivity index (χ0) is 17.1. The van der Waals surface area contributed by atoms with Crippen LogP contribution >= 0.6 is 0 Å².